The highest BCUT2D eigenvalue weighted by Crippen LogP contribution is 2.23. The van der Waals surface area contributed by atoms with Crippen molar-refractivity contribution in [2.45, 2.75) is 82.6 Å². The SMILES string of the molecule is CNC(=O)[C@H](C)NC(=O)[C@H](C)NC(=O)[C@@H](NC(C)=O)[C@@H](C)O[C@@H]1O[C@H](CO)[C@@H](O)[C@H](O)[C@H]1O. The van der Waals surface area contributed by atoms with Crippen LogP contribution in [0.2, 0.25) is 0 Å². The fourth-order valence-corrected chi connectivity index (χ4v) is 3.07. The Morgan fingerprint density at radius 3 is 1.94 bits per heavy atom. The van der Waals surface area contributed by atoms with E-state index in [1.54, 1.807) is 0 Å². The van der Waals surface area contributed by atoms with E-state index in [0.717, 1.165) is 6.92 Å². The number of amides is 4. The summed E-state index contributed by atoms with van der Waals surface area (Å²) in [4.78, 5) is 48.2. The van der Waals surface area contributed by atoms with E-state index in [4.69, 9.17) is 9.47 Å². The topological polar surface area (TPSA) is 216 Å². The zero-order valence-electron chi connectivity index (χ0n) is 19.1. The number of carbonyl (C=O) groups excluding carboxylic acids is 4. The van der Waals surface area contributed by atoms with Crippen LogP contribution in [-0.2, 0) is 28.7 Å². The van der Waals surface area contributed by atoms with Crippen LogP contribution >= 0.6 is 0 Å². The van der Waals surface area contributed by atoms with Crippen LogP contribution in [0.15, 0.2) is 0 Å². The number of rotatable bonds is 10. The van der Waals surface area contributed by atoms with Crippen LogP contribution in [0.25, 0.3) is 0 Å². The van der Waals surface area contributed by atoms with Crippen LogP contribution in [0.1, 0.15) is 27.7 Å². The van der Waals surface area contributed by atoms with Crippen molar-refractivity contribution in [2.24, 2.45) is 0 Å². The van der Waals surface area contributed by atoms with E-state index in [9.17, 15) is 39.6 Å². The predicted molar refractivity (Wildman–Crippen MR) is 111 cm³/mol. The zero-order chi connectivity index (χ0) is 25.5. The standard InChI is InChI=1S/C19H34N4O10/c1-7(16(29)20-5)21-17(30)8(2)22-18(31)12(23-10(4)25)9(3)32-19-15(28)14(27)13(26)11(6-24)33-19/h7-9,11-15,19,24,26-28H,6H2,1-5H3,(H,20,29)(H,21,30)(H,22,31)(H,23,25)/t7-,8-,9+,11+,12-,13+,14-,15+,19+/m0/s1. The molecule has 0 radical (unpaired) electrons. The third-order valence-corrected chi connectivity index (χ3v) is 5.06. The van der Waals surface area contributed by atoms with Gasteiger partial charge in [0.1, 0.15) is 42.5 Å². The molecule has 1 saturated heterocycles. The molecule has 0 aromatic heterocycles. The summed E-state index contributed by atoms with van der Waals surface area (Å²) in [5, 5.41) is 48.7. The second-order valence-corrected chi connectivity index (χ2v) is 7.79. The highest BCUT2D eigenvalue weighted by molar-refractivity contribution is 5.93. The quantitative estimate of drug-likeness (QED) is 0.150. The molecule has 0 spiro atoms. The molecular formula is C19H34N4O10. The Labute approximate surface area is 191 Å². The normalized spacial score (nSPS) is 28.6. The van der Waals surface area contributed by atoms with Gasteiger partial charge in [0.2, 0.25) is 23.6 Å². The lowest BCUT2D eigenvalue weighted by molar-refractivity contribution is -0.311. The van der Waals surface area contributed by atoms with Gasteiger partial charge >= 0.3 is 0 Å². The van der Waals surface area contributed by atoms with Crippen molar-refractivity contribution in [3.8, 4) is 0 Å². The van der Waals surface area contributed by atoms with E-state index in [1.165, 1.54) is 27.8 Å². The number of likely N-dealkylation sites (N-methyl/N-ethyl adjacent to an activating group) is 1. The molecule has 0 aliphatic carbocycles. The Morgan fingerprint density at radius 1 is 0.879 bits per heavy atom. The molecule has 1 rings (SSSR count). The summed E-state index contributed by atoms with van der Waals surface area (Å²) in [5.41, 5.74) is 0. The Hall–Kier alpha value is -2.36. The van der Waals surface area contributed by atoms with Crippen LogP contribution < -0.4 is 21.3 Å². The second-order valence-electron chi connectivity index (χ2n) is 7.79. The maximum absolute atomic E-state index is 12.8. The molecule has 9 atom stereocenters. The molecule has 1 aliphatic heterocycles. The highest BCUT2D eigenvalue weighted by Gasteiger charge is 2.45. The zero-order valence-corrected chi connectivity index (χ0v) is 19.1. The maximum Gasteiger partial charge on any atom is 0.245 e. The first-order valence-electron chi connectivity index (χ1n) is 10.4. The molecule has 14 heteroatoms. The van der Waals surface area contributed by atoms with Gasteiger partial charge in [0.05, 0.1) is 12.7 Å². The van der Waals surface area contributed by atoms with E-state index in [2.05, 4.69) is 21.3 Å². The van der Waals surface area contributed by atoms with Gasteiger partial charge in [-0.25, -0.2) is 0 Å². The fraction of sp³-hybridized carbons (Fsp3) is 0.789. The van der Waals surface area contributed by atoms with Gasteiger partial charge in [-0.1, -0.05) is 0 Å². The molecule has 0 unspecified atom stereocenters. The summed E-state index contributed by atoms with van der Waals surface area (Å²) >= 11 is 0. The van der Waals surface area contributed by atoms with Gasteiger partial charge in [0.15, 0.2) is 6.29 Å². The van der Waals surface area contributed by atoms with E-state index < -0.39 is 85.2 Å². The molecule has 0 saturated carbocycles. The Bertz CT molecular complexity index is 706. The number of aliphatic hydroxyl groups is 4. The monoisotopic (exact) mass is 478 g/mol. The summed E-state index contributed by atoms with van der Waals surface area (Å²) in [6.07, 6.45) is -8.88. The Kier molecular flexibility index (Phi) is 11.1. The molecule has 33 heavy (non-hydrogen) atoms. The van der Waals surface area contributed by atoms with Crippen molar-refractivity contribution < 1.29 is 49.1 Å². The summed E-state index contributed by atoms with van der Waals surface area (Å²) < 4.78 is 10.8. The molecule has 0 aromatic rings. The lowest BCUT2D eigenvalue weighted by Gasteiger charge is -2.41. The molecule has 0 aromatic carbocycles. The molecule has 0 bridgehead atoms. The third-order valence-electron chi connectivity index (χ3n) is 5.06. The van der Waals surface area contributed by atoms with Crippen molar-refractivity contribution in [1.29, 1.82) is 0 Å². The van der Waals surface area contributed by atoms with Gasteiger partial charge in [0.25, 0.3) is 0 Å². The van der Waals surface area contributed by atoms with Gasteiger partial charge in [-0.15, -0.1) is 0 Å². The molecule has 14 nitrogen and oxygen atoms in total. The summed E-state index contributed by atoms with van der Waals surface area (Å²) in [6.45, 7) is 4.69. The summed E-state index contributed by atoms with van der Waals surface area (Å²) in [7, 11) is 1.41. The molecular weight excluding hydrogens is 444 g/mol. The van der Waals surface area contributed by atoms with Crippen LogP contribution in [0.5, 0.6) is 0 Å². The van der Waals surface area contributed by atoms with Crippen molar-refractivity contribution in [1.82, 2.24) is 21.3 Å². The predicted octanol–water partition coefficient (Wildman–Crippen LogP) is -4.55. The first-order chi connectivity index (χ1) is 15.3. The molecule has 8 N–H and O–H groups in total. The molecule has 1 aliphatic rings. The third kappa shape index (κ3) is 7.87. The average molecular weight is 478 g/mol. The van der Waals surface area contributed by atoms with Gasteiger partial charge in [-0.05, 0) is 20.8 Å². The maximum atomic E-state index is 12.8. The molecule has 4 amide bonds. The number of hydrogen-bond donors (Lipinski definition) is 8. The van der Waals surface area contributed by atoms with E-state index in [-0.39, 0.29) is 0 Å². The smallest absolute Gasteiger partial charge is 0.245 e. The number of nitrogens with one attached hydrogen (secondary N) is 4. The minimum atomic E-state index is -1.71. The average Bonchev–Trinajstić information content (AvgIpc) is 2.76. The minimum absolute atomic E-state index is 0.431. The number of aliphatic hydroxyl groups excluding tert-OH is 4. The molecule has 190 valence electrons. The van der Waals surface area contributed by atoms with Crippen LogP contribution in [0, 0.1) is 0 Å². The summed E-state index contributed by atoms with van der Waals surface area (Å²) in [6, 6.07) is -3.27. The van der Waals surface area contributed by atoms with Gasteiger partial charge < -0.3 is 51.2 Å². The van der Waals surface area contributed by atoms with Crippen molar-refractivity contribution in [2.75, 3.05) is 13.7 Å². The first-order valence-corrected chi connectivity index (χ1v) is 10.4. The van der Waals surface area contributed by atoms with Crippen molar-refractivity contribution in [3.63, 3.8) is 0 Å². The Morgan fingerprint density at radius 2 is 1.42 bits per heavy atom. The van der Waals surface area contributed by atoms with Crippen LogP contribution in [0.4, 0.5) is 0 Å². The van der Waals surface area contributed by atoms with E-state index >= 15 is 0 Å². The van der Waals surface area contributed by atoms with E-state index in [1.807, 2.05) is 0 Å². The lowest BCUT2D eigenvalue weighted by Crippen LogP contribution is -2.62. The molecule has 1 fully saturated rings. The highest BCUT2D eigenvalue weighted by atomic mass is 16.7. The number of ether oxygens (including phenoxy) is 2. The van der Waals surface area contributed by atoms with Crippen LogP contribution in [0.3, 0.4) is 0 Å². The van der Waals surface area contributed by atoms with E-state index in [0.29, 0.717) is 0 Å². The van der Waals surface area contributed by atoms with Gasteiger partial charge in [-0.3, -0.25) is 19.2 Å². The van der Waals surface area contributed by atoms with Crippen molar-refractivity contribution in [3.05, 3.63) is 0 Å². The minimum Gasteiger partial charge on any atom is -0.394 e. The Balaban J connectivity index is 2.87. The van der Waals surface area contributed by atoms with Gasteiger partial charge in [-0.2, -0.15) is 0 Å². The van der Waals surface area contributed by atoms with Gasteiger partial charge in [0, 0.05) is 14.0 Å². The second kappa shape index (κ2) is 12.8. The molecule has 1 heterocycles. The first kappa shape index (κ1) is 28.7. The number of hydrogen-bond acceptors (Lipinski definition) is 10. The lowest BCUT2D eigenvalue weighted by atomic mass is 9.99. The number of carbonyl (C=O) groups is 4. The summed E-state index contributed by atoms with van der Waals surface area (Å²) in [5.74, 6) is -2.48. The van der Waals surface area contributed by atoms with Crippen molar-refractivity contribution >= 4 is 23.6 Å². The fourth-order valence-electron chi connectivity index (χ4n) is 3.07. The largest absolute Gasteiger partial charge is 0.394 e. The van der Waals surface area contributed by atoms with Crippen LogP contribution in [-0.4, -0.2) is 113 Å².